The molecule has 9 heteroatoms. The number of carbonyl (C=O) groups is 2. The van der Waals surface area contributed by atoms with E-state index in [1.807, 2.05) is 30.3 Å². The van der Waals surface area contributed by atoms with Crippen molar-refractivity contribution >= 4 is 29.4 Å². The van der Waals surface area contributed by atoms with E-state index in [0.717, 1.165) is 11.6 Å². The van der Waals surface area contributed by atoms with Crippen LogP contribution in [0.2, 0.25) is 0 Å². The third kappa shape index (κ3) is 5.97. The van der Waals surface area contributed by atoms with Crippen LogP contribution in [0, 0.1) is 0 Å². The molecular formula is C23H25F3N2O3S. The lowest BCUT2D eigenvalue weighted by atomic mass is 10.1. The van der Waals surface area contributed by atoms with Crippen molar-refractivity contribution in [3.05, 3.63) is 65.7 Å². The van der Waals surface area contributed by atoms with Gasteiger partial charge in [-0.1, -0.05) is 42.5 Å². The fourth-order valence-electron chi connectivity index (χ4n) is 3.50. The Labute approximate surface area is 189 Å². The number of urea groups is 1. The van der Waals surface area contributed by atoms with Crippen molar-refractivity contribution in [3.63, 3.8) is 0 Å². The van der Waals surface area contributed by atoms with Crippen LogP contribution < -0.4 is 5.32 Å². The highest BCUT2D eigenvalue weighted by Gasteiger charge is 2.43. The van der Waals surface area contributed by atoms with Crippen molar-refractivity contribution in [2.45, 2.75) is 50.4 Å². The van der Waals surface area contributed by atoms with Crippen LogP contribution in [0.1, 0.15) is 31.4 Å². The number of para-hydroxylation sites is 1. The van der Waals surface area contributed by atoms with Crippen LogP contribution in [0.3, 0.4) is 0 Å². The second kappa shape index (κ2) is 10.3. The summed E-state index contributed by atoms with van der Waals surface area (Å²) in [5.74, 6) is -0.242. The van der Waals surface area contributed by atoms with Gasteiger partial charge in [-0.25, -0.2) is 9.59 Å². The van der Waals surface area contributed by atoms with Crippen LogP contribution in [-0.2, 0) is 22.1 Å². The molecule has 0 bridgehead atoms. The van der Waals surface area contributed by atoms with Gasteiger partial charge >= 0.3 is 18.2 Å². The van der Waals surface area contributed by atoms with Crippen LogP contribution in [0.4, 0.5) is 23.7 Å². The normalized spacial score (nSPS) is 18.6. The lowest BCUT2D eigenvalue weighted by molar-refractivity contribution is -0.151. The Bertz CT molecular complexity index is 938. The topological polar surface area (TPSA) is 58.6 Å². The zero-order valence-corrected chi connectivity index (χ0v) is 18.6. The molecule has 172 valence electrons. The largest absolute Gasteiger partial charge is 0.461 e. The summed E-state index contributed by atoms with van der Waals surface area (Å²) in [6, 6.07) is 12.8. The van der Waals surface area contributed by atoms with Gasteiger partial charge in [0.2, 0.25) is 0 Å². The molecular weight excluding hydrogens is 441 g/mol. The lowest BCUT2D eigenvalue weighted by Gasteiger charge is -2.29. The lowest BCUT2D eigenvalue weighted by Crippen LogP contribution is -2.48. The summed E-state index contributed by atoms with van der Waals surface area (Å²) in [6.07, 6.45) is -3.78. The number of aryl methyl sites for hydroxylation is 1. The number of alkyl halides is 3. The number of nitrogens with zero attached hydrogens (tertiary/aromatic N) is 1. The first-order valence-electron chi connectivity index (χ1n) is 10.3. The first-order valence-corrected chi connectivity index (χ1v) is 11.3. The second-order valence-electron chi connectivity index (χ2n) is 7.69. The fourth-order valence-corrected chi connectivity index (χ4v) is 4.89. The molecule has 1 fully saturated rings. The van der Waals surface area contributed by atoms with Crippen molar-refractivity contribution in [2.75, 3.05) is 11.1 Å². The standard InChI is InChI=1S/C23H25F3N2O3S/c1-15(2)31-21(29)19-14-32-20(13-12-16-8-4-3-5-9-16)28(19)22(30)27-18-11-7-6-10-17(18)23(24,25)26/h3-11,15,19-20H,12-14H2,1-2H3,(H,27,30). The van der Waals surface area contributed by atoms with Gasteiger partial charge in [0.25, 0.3) is 0 Å². The second-order valence-corrected chi connectivity index (χ2v) is 8.91. The Balaban J connectivity index is 1.82. The summed E-state index contributed by atoms with van der Waals surface area (Å²) in [6.45, 7) is 3.41. The number of carbonyl (C=O) groups excluding carboxylic acids is 2. The molecule has 1 heterocycles. The minimum absolute atomic E-state index is 0.319. The maximum absolute atomic E-state index is 13.4. The SMILES string of the molecule is CC(C)OC(=O)C1CSC(CCc2ccccc2)N1C(=O)Nc1ccccc1C(F)(F)F. The third-order valence-corrected chi connectivity index (χ3v) is 6.30. The molecule has 2 unspecified atom stereocenters. The maximum Gasteiger partial charge on any atom is 0.418 e. The number of esters is 1. The van der Waals surface area contributed by atoms with Gasteiger partial charge in [-0.2, -0.15) is 13.2 Å². The predicted molar refractivity (Wildman–Crippen MR) is 118 cm³/mol. The van der Waals surface area contributed by atoms with Crippen molar-refractivity contribution in [1.82, 2.24) is 4.90 Å². The van der Waals surface area contributed by atoms with E-state index >= 15 is 0 Å². The number of anilines is 1. The van der Waals surface area contributed by atoms with E-state index < -0.39 is 29.8 Å². The Hall–Kier alpha value is -2.68. The van der Waals surface area contributed by atoms with Gasteiger partial charge in [0.05, 0.1) is 22.7 Å². The molecule has 0 spiro atoms. The van der Waals surface area contributed by atoms with Gasteiger partial charge in [0.15, 0.2) is 0 Å². The molecule has 1 aliphatic rings. The molecule has 3 rings (SSSR count). The summed E-state index contributed by atoms with van der Waals surface area (Å²) in [5.41, 5.74) is -0.217. The molecule has 5 nitrogen and oxygen atoms in total. The van der Waals surface area contributed by atoms with E-state index in [-0.39, 0.29) is 17.2 Å². The summed E-state index contributed by atoms with van der Waals surface area (Å²) >= 11 is 1.42. The van der Waals surface area contributed by atoms with Crippen molar-refractivity contribution in [3.8, 4) is 0 Å². The van der Waals surface area contributed by atoms with E-state index in [4.69, 9.17) is 4.74 Å². The number of nitrogens with one attached hydrogen (secondary N) is 1. The molecule has 2 aromatic rings. The van der Waals surface area contributed by atoms with Gasteiger partial charge in [0, 0.05) is 5.75 Å². The predicted octanol–water partition coefficient (Wildman–Crippen LogP) is 5.57. The van der Waals surface area contributed by atoms with Crippen molar-refractivity contribution < 1.29 is 27.5 Å². The van der Waals surface area contributed by atoms with Crippen LogP contribution in [-0.4, -0.2) is 40.2 Å². The zero-order chi connectivity index (χ0) is 23.3. The van der Waals surface area contributed by atoms with Crippen LogP contribution in [0.5, 0.6) is 0 Å². The Kier molecular flexibility index (Phi) is 7.71. The molecule has 0 radical (unpaired) electrons. The summed E-state index contributed by atoms with van der Waals surface area (Å²) < 4.78 is 45.4. The van der Waals surface area contributed by atoms with E-state index in [1.54, 1.807) is 13.8 Å². The molecule has 32 heavy (non-hydrogen) atoms. The number of hydrogen-bond donors (Lipinski definition) is 1. The Morgan fingerprint density at radius 2 is 1.78 bits per heavy atom. The number of thioether (sulfide) groups is 1. The Morgan fingerprint density at radius 1 is 1.12 bits per heavy atom. The maximum atomic E-state index is 13.4. The van der Waals surface area contributed by atoms with Crippen molar-refractivity contribution in [1.29, 1.82) is 0 Å². The van der Waals surface area contributed by atoms with E-state index in [1.165, 1.54) is 34.9 Å². The summed E-state index contributed by atoms with van der Waals surface area (Å²) in [7, 11) is 0. The molecule has 0 aromatic heterocycles. The van der Waals surface area contributed by atoms with Crippen LogP contribution in [0.25, 0.3) is 0 Å². The fraction of sp³-hybridized carbons (Fsp3) is 0.391. The number of halogens is 3. The monoisotopic (exact) mass is 466 g/mol. The molecule has 0 saturated carbocycles. The van der Waals surface area contributed by atoms with Gasteiger partial charge in [-0.15, -0.1) is 11.8 Å². The summed E-state index contributed by atoms with van der Waals surface area (Å²) in [5, 5.41) is 1.99. The smallest absolute Gasteiger partial charge is 0.418 e. The first-order chi connectivity index (χ1) is 15.2. The van der Waals surface area contributed by atoms with E-state index in [2.05, 4.69) is 5.32 Å². The average molecular weight is 467 g/mol. The number of hydrogen-bond acceptors (Lipinski definition) is 4. The van der Waals surface area contributed by atoms with E-state index in [9.17, 15) is 22.8 Å². The Morgan fingerprint density at radius 3 is 2.44 bits per heavy atom. The van der Waals surface area contributed by atoms with E-state index in [0.29, 0.717) is 18.6 Å². The minimum atomic E-state index is -4.62. The molecule has 2 amide bonds. The molecule has 0 aliphatic carbocycles. The highest BCUT2D eigenvalue weighted by atomic mass is 32.2. The van der Waals surface area contributed by atoms with Crippen LogP contribution in [0.15, 0.2) is 54.6 Å². The van der Waals surface area contributed by atoms with Gasteiger partial charge < -0.3 is 10.1 Å². The van der Waals surface area contributed by atoms with Gasteiger partial charge in [-0.3, -0.25) is 4.90 Å². The quantitative estimate of drug-likeness (QED) is 0.566. The minimum Gasteiger partial charge on any atom is -0.461 e. The van der Waals surface area contributed by atoms with Crippen molar-refractivity contribution in [2.24, 2.45) is 0 Å². The molecule has 1 aliphatic heterocycles. The highest BCUT2D eigenvalue weighted by molar-refractivity contribution is 8.00. The number of rotatable bonds is 6. The molecule has 2 atom stereocenters. The molecule has 1 N–H and O–H groups in total. The number of ether oxygens (including phenoxy) is 1. The number of amides is 2. The molecule has 2 aromatic carbocycles. The zero-order valence-electron chi connectivity index (χ0n) is 17.8. The van der Waals surface area contributed by atoms with Crippen LogP contribution >= 0.6 is 11.8 Å². The van der Waals surface area contributed by atoms with Gasteiger partial charge in [0.1, 0.15) is 6.04 Å². The first kappa shape index (κ1) is 24.0. The third-order valence-electron chi connectivity index (χ3n) is 4.95. The number of benzene rings is 2. The average Bonchev–Trinajstić information content (AvgIpc) is 3.16. The molecule has 1 saturated heterocycles. The van der Waals surface area contributed by atoms with Gasteiger partial charge in [-0.05, 0) is 44.4 Å². The summed E-state index contributed by atoms with van der Waals surface area (Å²) in [4.78, 5) is 27.1. The highest BCUT2D eigenvalue weighted by Crippen LogP contribution is 2.37.